The molecule has 0 saturated heterocycles. The molecule has 3 N–H and O–H groups in total. The van der Waals surface area contributed by atoms with Gasteiger partial charge in [-0.05, 0) is 31.5 Å². The van der Waals surface area contributed by atoms with E-state index >= 15 is 0 Å². The highest BCUT2D eigenvalue weighted by Crippen LogP contribution is 2.29. The molecule has 0 fully saturated rings. The quantitative estimate of drug-likeness (QED) is 0.786. The number of anilines is 2. The van der Waals surface area contributed by atoms with E-state index in [0.717, 1.165) is 0 Å². The van der Waals surface area contributed by atoms with Crippen molar-refractivity contribution in [2.24, 2.45) is 0 Å². The molecule has 0 aliphatic carbocycles. The van der Waals surface area contributed by atoms with Gasteiger partial charge in [0.2, 0.25) is 0 Å². The minimum absolute atomic E-state index is 0.0185. The number of rotatable bonds is 6. The van der Waals surface area contributed by atoms with Gasteiger partial charge in [0.15, 0.2) is 0 Å². The maximum atomic E-state index is 12.8. The van der Waals surface area contributed by atoms with E-state index in [1.807, 2.05) is 6.92 Å². The summed E-state index contributed by atoms with van der Waals surface area (Å²) in [6.45, 7) is 1.87. The van der Waals surface area contributed by atoms with Crippen molar-refractivity contribution in [2.45, 2.75) is 25.8 Å². The Morgan fingerprint density at radius 1 is 1.44 bits per heavy atom. The lowest BCUT2D eigenvalue weighted by Gasteiger charge is -2.18. The summed E-state index contributed by atoms with van der Waals surface area (Å²) in [7, 11) is -0.870. The van der Waals surface area contributed by atoms with Gasteiger partial charge in [0, 0.05) is 45.8 Å². The molecule has 2 unspecified atom stereocenters. The standard InChI is InChI=1S/C12H18F2N2OS/c1-8(5-6-18(2)17)16-11-4-3-9(15)7-10(11)12(13)14/h3-4,7-8,12,16H,5-6,15H2,1-2H3. The Hall–Kier alpha value is -1.17. The van der Waals surface area contributed by atoms with Gasteiger partial charge in [-0.1, -0.05) is 0 Å². The zero-order chi connectivity index (χ0) is 13.7. The number of nitrogens with two attached hydrogens (primary N) is 1. The first-order valence-corrected chi connectivity index (χ1v) is 7.37. The molecule has 0 heterocycles. The summed E-state index contributed by atoms with van der Waals surface area (Å²) >= 11 is 0. The molecule has 18 heavy (non-hydrogen) atoms. The number of hydrogen-bond donors (Lipinski definition) is 2. The smallest absolute Gasteiger partial charge is 0.265 e. The third kappa shape index (κ3) is 4.60. The zero-order valence-electron chi connectivity index (χ0n) is 10.5. The van der Waals surface area contributed by atoms with Crippen LogP contribution in [-0.4, -0.2) is 22.3 Å². The van der Waals surface area contributed by atoms with Crippen LogP contribution in [0.3, 0.4) is 0 Å². The number of nitrogen functional groups attached to an aromatic ring is 1. The topological polar surface area (TPSA) is 55.1 Å². The average Bonchev–Trinajstić information content (AvgIpc) is 2.28. The molecule has 3 nitrogen and oxygen atoms in total. The van der Waals surface area contributed by atoms with Crippen LogP contribution in [0.5, 0.6) is 0 Å². The van der Waals surface area contributed by atoms with E-state index in [1.165, 1.54) is 6.07 Å². The number of halogens is 2. The second kappa shape index (κ2) is 6.68. The molecule has 1 rings (SSSR count). The predicted molar refractivity (Wildman–Crippen MR) is 72.4 cm³/mol. The van der Waals surface area contributed by atoms with E-state index in [2.05, 4.69) is 5.32 Å². The second-order valence-corrected chi connectivity index (χ2v) is 5.81. The molecule has 0 amide bonds. The molecule has 1 aromatic rings. The summed E-state index contributed by atoms with van der Waals surface area (Å²) in [6, 6.07) is 4.39. The van der Waals surface area contributed by atoms with Crippen LogP contribution in [0.2, 0.25) is 0 Å². The molecule has 0 aliphatic rings. The maximum absolute atomic E-state index is 12.8. The third-order valence-corrected chi connectivity index (χ3v) is 3.36. The van der Waals surface area contributed by atoms with Crippen molar-refractivity contribution in [3.05, 3.63) is 23.8 Å². The highest BCUT2D eigenvalue weighted by molar-refractivity contribution is 7.84. The first-order valence-electron chi connectivity index (χ1n) is 5.64. The lowest BCUT2D eigenvalue weighted by molar-refractivity contribution is 0.152. The van der Waals surface area contributed by atoms with Crippen LogP contribution < -0.4 is 11.1 Å². The largest absolute Gasteiger partial charge is 0.399 e. The molecule has 0 aromatic heterocycles. The van der Waals surface area contributed by atoms with Crippen molar-refractivity contribution < 1.29 is 13.0 Å². The summed E-state index contributed by atoms with van der Waals surface area (Å²) in [6.07, 6.45) is -0.278. The molecule has 0 spiro atoms. The Morgan fingerprint density at radius 2 is 2.11 bits per heavy atom. The minimum atomic E-state index is -2.57. The van der Waals surface area contributed by atoms with Crippen LogP contribution in [0.1, 0.15) is 25.3 Å². The van der Waals surface area contributed by atoms with Crippen molar-refractivity contribution >= 4 is 22.2 Å². The average molecular weight is 276 g/mol. The van der Waals surface area contributed by atoms with Gasteiger partial charge in [0.1, 0.15) is 0 Å². The molecule has 0 bridgehead atoms. The lowest BCUT2D eigenvalue weighted by atomic mass is 10.1. The van der Waals surface area contributed by atoms with E-state index in [0.29, 0.717) is 23.5 Å². The van der Waals surface area contributed by atoms with Crippen LogP contribution in [-0.2, 0) is 10.8 Å². The third-order valence-electron chi connectivity index (χ3n) is 2.55. The van der Waals surface area contributed by atoms with E-state index in [9.17, 15) is 13.0 Å². The van der Waals surface area contributed by atoms with Crippen LogP contribution in [0, 0.1) is 0 Å². The Morgan fingerprint density at radius 3 is 2.67 bits per heavy atom. The SMILES string of the molecule is CC(CCS(C)=O)Nc1ccc(N)cc1C(F)F. The molecular weight excluding hydrogens is 258 g/mol. The van der Waals surface area contributed by atoms with E-state index in [1.54, 1.807) is 18.4 Å². The summed E-state index contributed by atoms with van der Waals surface area (Å²) < 4.78 is 36.6. The van der Waals surface area contributed by atoms with Crippen LogP contribution in [0.25, 0.3) is 0 Å². The van der Waals surface area contributed by atoms with Gasteiger partial charge in [0.25, 0.3) is 6.43 Å². The van der Waals surface area contributed by atoms with Crippen LogP contribution in [0.4, 0.5) is 20.2 Å². The molecule has 1 aromatic carbocycles. The predicted octanol–water partition coefficient (Wildman–Crippen LogP) is 2.78. The summed E-state index contributed by atoms with van der Waals surface area (Å²) in [5.74, 6) is 0.549. The first-order chi connectivity index (χ1) is 8.40. The maximum Gasteiger partial charge on any atom is 0.265 e. The number of hydrogen-bond acceptors (Lipinski definition) is 3. The Kier molecular flexibility index (Phi) is 5.53. The molecule has 6 heteroatoms. The van der Waals surface area contributed by atoms with Gasteiger partial charge in [0.05, 0.1) is 0 Å². The summed E-state index contributed by atoms with van der Waals surface area (Å²) in [5, 5.41) is 3.00. The zero-order valence-corrected chi connectivity index (χ0v) is 11.3. The highest BCUT2D eigenvalue weighted by Gasteiger charge is 2.14. The number of benzene rings is 1. The van der Waals surface area contributed by atoms with Crippen molar-refractivity contribution in [3.8, 4) is 0 Å². The van der Waals surface area contributed by atoms with Gasteiger partial charge in [-0.15, -0.1) is 0 Å². The van der Waals surface area contributed by atoms with Gasteiger partial charge in [-0.2, -0.15) is 0 Å². The monoisotopic (exact) mass is 276 g/mol. The minimum Gasteiger partial charge on any atom is -0.399 e. The first kappa shape index (κ1) is 14.9. The van der Waals surface area contributed by atoms with E-state index in [4.69, 9.17) is 5.73 Å². The van der Waals surface area contributed by atoms with E-state index < -0.39 is 17.2 Å². The van der Waals surface area contributed by atoms with Gasteiger partial charge in [-0.3, -0.25) is 4.21 Å². The summed E-state index contributed by atoms with van der Waals surface area (Å²) in [4.78, 5) is 0. The lowest BCUT2D eigenvalue weighted by Crippen LogP contribution is -2.19. The Labute approximate surface area is 108 Å². The molecule has 102 valence electrons. The van der Waals surface area contributed by atoms with Crippen molar-refractivity contribution in [1.82, 2.24) is 0 Å². The van der Waals surface area contributed by atoms with Gasteiger partial charge >= 0.3 is 0 Å². The van der Waals surface area contributed by atoms with Crippen LogP contribution in [0.15, 0.2) is 18.2 Å². The Bertz CT molecular complexity index is 427. The van der Waals surface area contributed by atoms with Gasteiger partial charge < -0.3 is 11.1 Å². The fourth-order valence-corrected chi connectivity index (χ4v) is 2.26. The van der Waals surface area contributed by atoms with Crippen molar-refractivity contribution in [2.75, 3.05) is 23.1 Å². The summed E-state index contributed by atoms with van der Waals surface area (Å²) in [5.41, 5.74) is 6.10. The molecule has 0 saturated carbocycles. The molecule has 0 aliphatic heterocycles. The molecule has 2 atom stereocenters. The number of alkyl halides is 2. The Balaban J connectivity index is 2.74. The fourth-order valence-electron chi connectivity index (χ4n) is 1.57. The van der Waals surface area contributed by atoms with Crippen molar-refractivity contribution in [3.63, 3.8) is 0 Å². The normalized spacial score (nSPS) is 14.5. The fraction of sp³-hybridized carbons (Fsp3) is 0.500. The van der Waals surface area contributed by atoms with Crippen LogP contribution >= 0.6 is 0 Å². The second-order valence-electron chi connectivity index (χ2n) is 4.26. The van der Waals surface area contributed by atoms with Gasteiger partial charge in [-0.25, -0.2) is 8.78 Å². The van der Waals surface area contributed by atoms with E-state index in [-0.39, 0.29) is 11.6 Å². The molecule has 0 radical (unpaired) electrons. The number of nitrogens with one attached hydrogen (secondary N) is 1. The van der Waals surface area contributed by atoms with Crippen molar-refractivity contribution in [1.29, 1.82) is 0 Å². The molecular formula is C12H18F2N2OS. The highest BCUT2D eigenvalue weighted by atomic mass is 32.2.